The zero-order valence-corrected chi connectivity index (χ0v) is 15.9. The van der Waals surface area contributed by atoms with E-state index >= 15 is 0 Å². The number of aromatic nitrogens is 1. The van der Waals surface area contributed by atoms with Gasteiger partial charge < -0.3 is 9.52 Å². The maximum absolute atomic E-state index is 12.8. The van der Waals surface area contributed by atoms with Crippen LogP contribution in [0.1, 0.15) is 0 Å². The van der Waals surface area contributed by atoms with Crippen molar-refractivity contribution >= 4 is 11.0 Å². The molecule has 0 fully saturated rings. The molecule has 4 nitrogen and oxygen atoms in total. The predicted octanol–water partition coefficient (Wildman–Crippen LogP) is 5.89. The van der Waals surface area contributed by atoms with Crippen molar-refractivity contribution in [1.29, 1.82) is 0 Å². The second-order valence-corrected chi connectivity index (χ2v) is 6.97. The summed E-state index contributed by atoms with van der Waals surface area (Å²) < 4.78 is 5.48. The third kappa shape index (κ3) is 3.14. The van der Waals surface area contributed by atoms with Crippen molar-refractivity contribution < 1.29 is 9.52 Å². The molecule has 30 heavy (non-hydrogen) atoms. The molecule has 3 aromatic carbocycles. The van der Waals surface area contributed by atoms with E-state index in [1.807, 2.05) is 72.8 Å². The molecule has 5 rings (SSSR count). The molecule has 0 bridgehead atoms. The van der Waals surface area contributed by atoms with Crippen LogP contribution in [0.3, 0.4) is 0 Å². The lowest BCUT2D eigenvalue weighted by molar-refractivity contribution is 0.471. The number of hydrogen-bond donors (Lipinski definition) is 1. The lowest BCUT2D eigenvalue weighted by Crippen LogP contribution is -2.04. The molecule has 0 saturated carbocycles. The molecule has 144 valence electrons. The second-order valence-electron chi connectivity index (χ2n) is 6.97. The fourth-order valence-corrected chi connectivity index (χ4v) is 3.58. The van der Waals surface area contributed by atoms with Crippen LogP contribution in [0.5, 0.6) is 5.75 Å². The summed E-state index contributed by atoms with van der Waals surface area (Å²) in [4.78, 5) is 17.6. The number of fused-ring (bicyclic) bond motifs is 1. The van der Waals surface area contributed by atoms with Crippen molar-refractivity contribution in [2.24, 2.45) is 0 Å². The van der Waals surface area contributed by atoms with E-state index in [0.29, 0.717) is 27.9 Å². The van der Waals surface area contributed by atoms with Gasteiger partial charge in [-0.2, -0.15) is 0 Å². The molecule has 5 aromatic rings. The highest BCUT2D eigenvalue weighted by atomic mass is 16.4. The molecule has 0 unspecified atom stereocenters. The topological polar surface area (TPSA) is 63.3 Å². The van der Waals surface area contributed by atoms with Crippen LogP contribution < -0.4 is 5.63 Å². The molecule has 0 saturated heterocycles. The molecule has 4 heteroatoms. The van der Waals surface area contributed by atoms with Crippen molar-refractivity contribution in [2.75, 3.05) is 0 Å². The van der Waals surface area contributed by atoms with Crippen LogP contribution >= 0.6 is 0 Å². The molecule has 0 atom stereocenters. The van der Waals surface area contributed by atoms with Gasteiger partial charge in [0.2, 0.25) is 0 Å². The molecule has 0 aliphatic heterocycles. The van der Waals surface area contributed by atoms with E-state index < -0.39 is 5.63 Å². The van der Waals surface area contributed by atoms with E-state index in [4.69, 9.17) is 9.40 Å². The third-order valence-corrected chi connectivity index (χ3v) is 5.04. The third-order valence-electron chi connectivity index (χ3n) is 5.04. The Labute approximate surface area is 172 Å². The van der Waals surface area contributed by atoms with Gasteiger partial charge >= 0.3 is 5.63 Å². The highest BCUT2D eigenvalue weighted by Crippen LogP contribution is 2.36. The van der Waals surface area contributed by atoms with Crippen LogP contribution in [0.25, 0.3) is 44.6 Å². The normalized spacial score (nSPS) is 10.9. The lowest BCUT2D eigenvalue weighted by Gasteiger charge is -2.11. The van der Waals surface area contributed by atoms with Gasteiger partial charge in [0.25, 0.3) is 0 Å². The molecule has 1 N–H and O–H groups in total. The summed E-state index contributed by atoms with van der Waals surface area (Å²) >= 11 is 0. The van der Waals surface area contributed by atoms with Crippen molar-refractivity contribution in [2.45, 2.75) is 0 Å². The SMILES string of the molecule is O=c1oc2ccccc2c(O)c1-c1cc(-c2ccccc2)nc(-c2ccccc2)c1. The van der Waals surface area contributed by atoms with Gasteiger partial charge in [0.05, 0.1) is 16.8 Å². The number of benzene rings is 3. The van der Waals surface area contributed by atoms with Gasteiger partial charge in [-0.1, -0.05) is 72.8 Å². The van der Waals surface area contributed by atoms with Crippen LogP contribution in [0, 0.1) is 0 Å². The van der Waals surface area contributed by atoms with Crippen LogP contribution in [0.2, 0.25) is 0 Å². The number of rotatable bonds is 3. The van der Waals surface area contributed by atoms with Crippen LogP contribution in [-0.2, 0) is 0 Å². The quantitative estimate of drug-likeness (QED) is 0.389. The minimum absolute atomic E-state index is 0.0916. The Hall–Kier alpha value is -4.18. The number of hydrogen-bond acceptors (Lipinski definition) is 4. The number of nitrogens with zero attached hydrogens (tertiary/aromatic N) is 1. The summed E-state index contributed by atoms with van der Waals surface area (Å²) in [6.45, 7) is 0. The zero-order chi connectivity index (χ0) is 20.5. The van der Waals surface area contributed by atoms with Gasteiger partial charge in [-0.05, 0) is 29.8 Å². The number of aromatic hydroxyl groups is 1. The van der Waals surface area contributed by atoms with E-state index in [9.17, 15) is 9.90 Å². The van der Waals surface area contributed by atoms with Gasteiger partial charge in [0.1, 0.15) is 16.9 Å². The predicted molar refractivity (Wildman–Crippen MR) is 118 cm³/mol. The van der Waals surface area contributed by atoms with Crippen LogP contribution in [-0.4, -0.2) is 10.1 Å². The second kappa shape index (κ2) is 7.33. The summed E-state index contributed by atoms with van der Waals surface area (Å²) in [7, 11) is 0. The molecule has 0 radical (unpaired) electrons. The van der Waals surface area contributed by atoms with E-state index in [-0.39, 0.29) is 11.3 Å². The molecule has 0 aliphatic carbocycles. The van der Waals surface area contributed by atoms with Gasteiger partial charge in [0, 0.05) is 11.1 Å². The highest BCUT2D eigenvalue weighted by Gasteiger charge is 2.18. The summed E-state index contributed by atoms with van der Waals surface area (Å²) in [6, 6.07) is 30.0. The molecule has 0 amide bonds. The zero-order valence-electron chi connectivity index (χ0n) is 15.9. The van der Waals surface area contributed by atoms with Gasteiger partial charge in [-0.3, -0.25) is 0 Å². The first-order chi connectivity index (χ1) is 14.7. The van der Waals surface area contributed by atoms with Gasteiger partial charge in [-0.25, -0.2) is 9.78 Å². The average Bonchev–Trinajstić information content (AvgIpc) is 2.80. The fraction of sp³-hybridized carbons (Fsp3) is 0. The van der Waals surface area contributed by atoms with E-state index in [0.717, 1.165) is 11.1 Å². The van der Waals surface area contributed by atoms with Crippen molar-refractivity contribution in [3.63, 3.8) is 0 Å². The van der Waals surface area contributed by atoms with Crippen molar-refractivity contribution in [1.82, 2.24) is 4.98 Å². The van der Waals surface area contributed by atoms with Gasteiger partial charge in [-0.15, -0.1) is 0 Å². The largest absolute Gasteiger partial charge is 0.506 e. The Morgan fingerprint density at radius 3 is 1.80 bits per heavy atom. The minimum Gasteiger partial charge on any atom is -0.506 e. The highest BCUT2D eigenvalue weighted by molar-refractivity contribution is 5.91. The number of para-hydroxylation sites is 1. The summed E-state index contributed by atoms with van der Waals surface area (Å²) in [6.07, 6.45) is 0. The molecule has 2 aromatic heterocycles. The first kappa shape index (κ1) is 17.9. The standard InChI is InChI=1S/C26H17NO3/c28-25-20-13-7-8-14-23(20)30-26(29)24(25)19-15-21(17-9-3-1-4-10-17)27-22(16-19)18-11-5-2-6-12-18/h1-16,28H. The molecule has 0 aliphatic rings. The van der Waals surface area contributed by atoms with Crippen LogP contribution in [0.15, 0.2) is 106 Å². The maximum Gasteiger partial charge on any atom is 0.347 e. The first-order valence-electron chi connectivity index (χ1n) is 9.59. The monoisotopic (exact) mass is 391 g/mol. The molecular formula is C26H17NO3. The average molecular weight is 391 g/mol. The summed E-state index contributed by atoms with van der Waals surface area (Å²) in [5.74, 6) is -0.0916. The minimum atomic E-state index is -0.588. The molecular weight excluding hydrogens is 374 g/mol. The first-order valence-corrected chi connectivity index (χ1v) is 9.59. The lowest BCUT2D eigenvalue weighted by atomic mass is 9.99. The van der Waals surface area contributed by atoms with Crippen LogP contribution in [0.4, 0.5) is 0 Å². The fourth-order valence-electron chi connectivity index (χ4n) is 3.58. The van der Waals surface area contributed by atoms with E-state index in [2.05, 4.69) is 0 Å². The Morgan fingerprint density at radius 2 is 1.20 bits per heavy atom. The summed E-state index contributed by atoms with van der Waals surface area (Å²) in [5, 5.41) is 11.4. The van der Waals surface area contributed by atoms with E-state index in [1.165, 1.54) is 0 Å². The molecule has 0 spiro atoms. The van der Waals surface area contributed by atoms with E-state index in [1.54, 1.807) is 24.3 Å². The maximum atomic E-state index is 12.8. The van der Waals surface area contributed by atoms with Crippen molar-refractivity contribution in [3.8, 4) is 39.4 Å². The Bertz CT molecular complexity index is 1350. The Balaban J connectivity index is 1.81. The van der Waals surface area contributed by atoms with Gasteiger partial charge in [0.15, 0.2) is 0 Å². The van der Waals surface area contributed by atoms with Crippen molar-refractivity contribution in [3.05, 3.63) is 107 Å². The summed E-state index contributed by atoms with van der Waals surface area (Å²) in [5.41, 5.74) is 3.70. The molecule has 2 heterocycles. The number of pyridine rings is 1. The Morgan fingerprint density at radius 1 is 0.667 bits per heavy atom. The Kier molecular flexibility index (Phi) is 4.37. The smallest absolute Gasteiger partial charge is 0.347 e.